The molecule has 1 saturated carbocycles. The number of hydrogen-bond donors (Lipinski definition) is 1. The number of rotatable bonds is 6. The standard InChI is InChI=1S/C15H25N3/c1-4-14-13(9-11(3)17-18-14)15(16-5-2)10-12-7-6-8-12/h9,12,15-16H,4-8,10H2,1-3H3. The summed E-state index contributed by atoms with van der Waals surface area (Å²) in [5, 5.41) is 12.2. The van der Waals surface area contributed by atoms with Crippen LogP contribution < -0.4 is 5.32 Å². The van der Waals surface area contributed by atoms with Gasteiger partial charge >= 0.3 is 0 Å². The maximum absolute atomic E-state index is 4.36. The predicted molar refractivity (Wildman–Crippen MR) is 74.5 cm³/mol. The van der Waals surface area contributed by atoms with Crippen molar-refractivity contribution in [2.24, 2.45) is 5.92 Å². The Morgan fingerprint density at radius 1 is 1.33 bits per heavy atom. The van der Waals surface area contributed by atoms with E-state index in [-0.39, 0.29) is 0 Å². The van der Waals surface area contributed by atoms with Crippen LogP contribution in [-0.4, -0.2) is 16.7 Å². The van der Waals surface area contributed by atoms with E-state index in [0.29, 0.717) is 6.04 Å². The van der Waals surface area contributed by atoms with Crippen LogP contribution in [-0.2, 0) is 6.42 Å². The molecule has 1 N–H and O–H groups in total. The number of hydrogen-bond acceptors (Lipinski definition) is 3. The summed E-state index contributed by atoms with van der Waals surface area (Å²) in [6, 6.07) is 2.68. The highest BCUT2D eigenvalue weighted by atomic mass is 15.1. The van der Waals surface area contributed by atoms with E-state index in [4.69, 9.17) is 0 Å². The molecule has 1 heterocycles. The molecule has 1 aliphatic rings. The molecule has 1 atom stereocenters. The zero-order valence-electron chi connectivity index (χ0n) is 11.9. The van der Waals surface area contributed by atoms with Gasteiger partial charge in [-0.05, 0) is 43.9 Å². The molecular weight excluding hydrogens is 222 g/mol. The Kier molecular flexibility index (Phi) is 4.70. The molecule has 0 aromatic carbocycles. The average Bonchev–Trinajstić information content (AvgIpc) is 2.32. The summed E-state index contributed by atoms with van der Waals surface area (Å²) in [6.07, 6.45) is 6.45. The van der Waals surface area contributed by atoms with E-state index in [0.717, 1.165) is 30.3 Å². The molecule has 0 bridgehead atoms. The largest absolute Gasteiger partial charge is 0.310 e. The number of aryl methyl sites for hydroxylation is 2. The van der Waals surface area contributed by atoms with Crippen molar-refractivity contribution in [3.63, 3.8) is 0 Å². The van der Waals surface area contributed by atoms with E-state index in [1.165, 1.54) is 31.2 Å². The Hall–Kier alpha value is -0.960. The topological polar surface area (TPSA) is 37.8 Å². The van der Waals surface area contributed by atoms with Gasteiger partial charge in [0.25, 0.3) is 0 Å². The van der Waals surface area contributed by atoms with Gasteiger partial charge in [0.15, 0.2) is 0 Å². The highest BCUT2D eigenvalue weighted by molar-refractivity contribution is 5.25. The van der Waals surface area contributed by atoms with Crippen LogP contribution in [0.3, 0.4) is 0 Å². The summed E-state index contributed by atoms with van der Waals surface area (Å²) in [5.41, 5.74) is 3.56. The molecule has 1 fully saturated rings. The number of nitrogens with one attached hydrogen (secondary N) is 1. The Morgan fingerprint density at radius 2 is 2.11 bits per heavy atom. The quantitative estimate of drug-likeness (QED) is 0.839. The third-order valence-electron chi connectivity index (χ3n) is 3.98. The van der Waals surface area contributed by atoms with Gasteiger partial charge in [-0.3, -0.25) is 0 Å². The maximum Gasteiger partial charge on any atom is 0.0676 e. The van der Waals surface area contributed by atoms with Crippen LogP contribution in [0.1, 0.15) is 62.5 Å². The molecule has 0 aliphatic heterocycles. The highest BCUT2D eigenvalue weighted by Crippen LogP contribution is 2.35. The van der Waals surface area contributed by atoms with Gasteiger partial charge in [-0.15, -0.1) is 0 Å². The van der Waals surface area contributed by atoms with E-state index < -0.39 is 0 Å². The minimum Gasteiger partial charge on any atom is -0.310 e. The van der Waals surface area contributed by atoms with Gasteiger partial charge in [-0.1, -0.05) is 33.1 Å². The average molecular weight is 247 g/mol. The SMILES string of the molecule is CCNC(CC1CCC1)c1cc(C)nnc1CC. The number of nitrogens with zero attached hydrogens (tertiary/aromatic N) is 2. The molecule has 1 aromatic rings. The lowest BCUT2D eigenvalue weighted by Gasteiger charge is -2.31. The first-order valence-corrected chi connectivity index (χ1v) is 7.31. The Morgan fingerprint density at radius 3 is 2.67 bits per heavy atom. The van der Waals surface area contributed by atoms with E-state index in [2.05, 4.69) is 35.4 Å². The zero-order chi connectivity index (χ0) is 13.0. The van der Waals surface area contributed by atoms with Crippen LogP contribution >= 0.6 is 0 Å². The molecule has 100 valence electrons. The van der Waals surface area contributed by atoms with Gasteiger partial charge in [0, 0.05) is 6.04 Å². The van der Waals surface area contributed by atoms with Gasteiger partial charge in [0.1, 0.15) is 0 Å². The monoisotopic (exact) mass is 247 g/mol. The molecule has 1 aliphatic carbocycles. The van der Waals surface area contributed by atoms with Crippen molar-refractivity contribution >= 4 is 0 Å². The van der Waals surface area contributed by atoms with E-state index in [9.17, 15) is 0 Å². The van der Waals surface area contributed by atoms with Gasteiger partial charge in [0.05, 0.1) is 11.4 Å². The summed E-state index contributed by atoms with van der Waals surface area (Å²) < 4.78 is 0. The fourth-order valence-corrected chi connectivity index (χ4v) is 2.74. The van der Waals surface area contributed by atoms with Gasteiger partial charge in [-0.2, -0.15) is 10.2 Å². The lowest BCUT2D eigenvalue weighted by Crippen LogP contribution is -2.27. The molecular formula is C15H25N3. The van der Waals surface area contributed by atoms with Crippen LogP contribution in [0.2, 0.25) is 0 Å². The highest BCUT2D eigenvalue weighted by Gasteiger charge is 2.24. The van der Waals surface area contributed by atoms with Crippen LogP contribution in [0.5, 0.6) is 0 Å². The van der Waals surface area contributed by atoms with Crippen molar-refractivity contribution in [3.8, 4) is 0 Å². The summed E-state index contributed by atoms with van der Waals surface area (Å²) in [6.45, 7) is 7.39. The zero-order valence-corrected chi connectivity index (χ0v) is 11.9. The van der Waals surface area contributed by atoms with Gasteiger partial charge < -0.3 is 5.32 Å². The fraction of sp³-hybridized carbons (Fsp3) is 0.733. The lowest BCUT2D eigenvalue weighted by molar-refractivity contribution is 0.261. The fourth-order valence-electron chi connectivity index (χ4n) is 2.74. The molecule has 18 heavy (non-hydrogen) atoms. The molecule has 0 saturated heterocycles. The van der Waals surface area contributed by atoms with Gasteiger partial charge in [-0.25, -0.2) is 0 Å². The van der Waals surface area contributed by atoms with E-state index in [1.54, 1.807) is 0 Å². The molecule has 0 amide bonds. The van der Waals surface area contributed by atoms with Crippen LogP contribution in [0.4, 0.5) is 0 Å². The molecule has 1 unspecified atom stereocenters. The molecule has 3 heteroatoms. The van der Waals surface area contributed by atoms with Crippen molar-refractivity contribution < 1.29 is 0 Å². The Labute approximate surface area is 110 Å². The van der Waals surface area contributed by atoms with E-state index in [1.807, 2.05) is 6.92 Å². The van der Waals surface area contributed by atoms with Crippen molar-refractivity contribution in [2.75, 3.05) is 6.54 Å². The normalized spacial score (nSPS) is 17.5. The van der Waals surface area contributed by atoms with Crippen LogP contribution in [0, 0.1) is 12.8 Å². The van der Waals surface area contributed by atoms with Crippen molar-refractivity contribution in [3.05, 3.63) is 23.0 Å². The molecule has 0 radical (unpaired) electrons. The van der Waals surface area contributed by atoms with Crippen LogP contribution in [0.25, 0.3) is 0 Å². The first kappa shape index (κ1) is 13.5. The summed E-state index contributed by atoms with van der Waals surface area (Å²) >= 11 is 0. The Bertz CT molecular complexity index is 385. The van der Waals surface area contributed by atoms with E-state index >= 15 is 0 Å². The first-order chi connectivity index (χ1) is 8.74. The number of aromatic nitrogens is 2. The van der Waals surface area contributed by atoms with Crippen LogP contribution in [0.15, 0.2) is 6.07 Å². The molecule has 3 nitrogen and oxygen atoms in total. The molecule has 1 aromatic heterocycles. The minimum atomic E-state index is 0.462. The first-order valence-electron chi connectivity index (χ1n) is 7.31. The minimum absolute atomic E-state index is 0.462. The molecule has 2 rings (SSSR count). The second kappa shape index (κ2) is 6.28. The maximum atomic E-state index is 4.36. The summed E-state index contributed by atoms with van der Waals surface area (Å²) in [5.74, 6) is 0.909. The third kappa shape index (κ3) is 3.08. The van der Waals surface area contributed by atoms with Crippen molar-refractivity contribution in [1.82, 2.24) is 15.5 Å². The second-order valence-corrected chi connectivity index (χ2v) is 5.38. The second-order valence-electron chi connectivity index (χ2n) is 5.38. The van der Waals surface area contributed by atoms with Gasteiger partial charge in [0.2, 0.25) is 0 Å². The lowest BCUT2D eigenvalue weighted by atomic mass is 9.79. The smallest absolute Gasteiger partial charge is 0.0676 e. The molecule has 0 spiro atoms. The van der Waals surface area contributed by atoms with Crippen molar-refractivity contribution in [1.29, 1.82) is 0 Å². The third-order valence-corrected chi connectivity index (χ3v) is 3.98. The summed E-state index contributed by atoms with van der Waals surface area (Å²) in [7, 11) is 0. The Balaban J connectivity index is 2.19. The summed E-state index contributed by atoms with van der Waals surface area (Å²) in [4.78, 5) is 0. The predicted octanol–water partition coefficient (Wildman–Crippen LogP) is 3.19. The van der Waals surface area contributed by atoms with Crippen molar-refractivity contribution in [2.45, 2.75) is 58.9 Å².